The highest BCUT2D eigenvalue weighted by atomic mass is 14.6. The minimum atomic E-state index is 0.425. The summed E-state index contributed by atoms with van der Waals surface area (Å²) in [6.07, 6.45) is 10.7. The molecule has 2 N–H and O–H groups in total. The van der Waals surface area contributed by atoms with Gasteiger partial charge in [-0.2, -0.15) is 0 Å². The fourth-order valence-corrected chi connectivity index (χ4v) is 1.82. The predicted octanol–water partition coefficient (Wildman–Crippen LogP) is 2.47. The van der Waals surface area contributed by atoms with Crippen molar-refractivity contribution in [1.82, 2.24) is 0 Å². The van der Waals surface area contributed by atoms with Crippen molar-refractivity contribution in [2.45, 2.75) is 45.1 Å². The van der Waals surface area contributed by atoms with Gasteiger partial charge >= 0.3 is 0 Å². The van der Waals surface area contributed by atoms with Crippen molar-refractivity contribution in [3.05, 3.63) is 12.2 Å². The lowest BCUT2D eigenvalue weighted by Gasteiger charge is -2.19. The summed E-state index contributed by atoms with van der Waals surface area (Å²) in [7, 11) is 0. The Labute approximate surface area is 69.7 Å². The van der Waals surface area contributed by atoms with E-state index in [4.69, 9.17) is 5.73 Å². The summed E-state index contributed by atoms with van der Waals surface area (Å²) < 4.78 is 0. The summed E-state index contributed by atoms with van der Waals surface area (Å²) in [6, 6.07) is 0.425. The van der Waals surface area contributed by atoms with Gasteiger partial charge in [0.1, 0.15) is 0 Å². The molecule has 1 aliphatic rings. The molecule has 0 aliphatic heterocycles. The van der Waals surface area contributed by atoms with Gasteiger partial charge in [-0.15, -0.1) is 0 Å². The van der Waals surface area contributed by atoms with Crippen LogP contribution < -0.4 is 5.73 Å². The van der Waals surface area contributed by atoms with Gasteiger partial charge in [0.15, 0.2) is 0 Å². The topological polar surface area (TPSA) is 26.0 Å². The SMILES string of the molecule is CCCC1CCC=CC[C@@H]1N. The molecule has 0 amide bonds. The average Bonchev–Trinajstić information content (AvgIpc) is 2.18. The standard InChI is InChI=1S/C10H19N/c1-2-6-9-7-4-3-5-8-10(9)11/h3,5,9-10H,2,4,6-8,11H2,1H3/t9?,10-/m0/s1. The molecule has 0 saturated heterocycles. The van der Waals surface area contributed by atoms with Crippen molar-refractivity contribution in [2.75, 3.05) is 0 Å². The molecule has 2 atom stereocenters. The zero-order valence-corrected chi connectivity index (χ0v) is 7.42. The average molecular weight is 153 g/mol. The second-order valence-corrected chi connectivity index (χ2v) is 3.50. The van der Waals surface area contributed by atoms with E-state index in [0.717, 1.165) is 12.3 Å². The van der Waals surface area contributed by atoms with Crippen LogP contribution in [0, 0.1) is 5.92 Å². The summed E-state index contributed by atoms with van der Waals surface area (Å²) in [6.45, 7) is 2.24. The summed E-state index contributed by atoms with van der Waals surface area (Å²) in [5.41, 5.74) is 6.01. The van der Waals surface area contributed by atoms with E-state index in [9.17, 15) is 0 Å². The number of nitrogens with two attached hydrogens (primary N) is 1. The van der Waals surface area contributed by atoms with Crippen molar-refractivity contribution in [3.63, 3.8) is 0 Å². The third-order valence-electron chi connectivity index (χ3n) is 2.54. The van der Waals surface area contributed by atoms with E-state index in [1.54, 1.807) is 0 Å². The lowest BCUT2D eigenvalue weighted by atomic mass is 9.91. The molecule has 1 nitrogen and oxygen atoms in total. The van der Waals surface area contributed by atoms with Crippen LogP contribution >= 0.6 is 0 Å². The molecule has 0 aromatic rings. The normalized spacial score (nSPS) is 31.8. The molecular weight excluding hydrogens is 134 g/mol. The monoisotopic (exact) mass is 153 g/mol. The van der Waals surface area contributed by atoms with Gasteiger partial charge in [-0.25, -0.2) is 0 Å². The first-order valence-corrected chi connectivity index (χ1v) is 4.75. The van der Waals surface area contributed by atoms with Crippen molar-refractivity contribution in [3.8, 4) is 0 Å². The Morgan fingerprint density at radius 3 is 3.00 bits per heavy atom. The van der Waals surface area contributed by atoms with E-state index in [1.165, 1.54) is 25.7 Å². The quantitative estimate of drug-likeness (QED) is 0.606. The second kappa shape index (κ2) is 4.55. The van der Waals surface area contributed by atoms with E-state index in [2.05, 4.69) is 19.1 Å². The Kier molecular flexibility index (Phi) is 3.64. The first kappa shape index (κ1) is 8.79. The molecule has 64 valence electrons. The predicted molar refractivity (Wildman–Crippen MR) is 49.4 cm³/mol. The van der Waals surface area contributed by atoms with E-state index in [-0.39, 0.29) is 0 Å². The smallest absolute Gasteiger partial charge is 0.0102 e. The molecular formula is C10H19N. The van der Waals surface area contributed by atoms with Gasteiger partial charge in [0.2, 0.25) is 0 Å². The van der Waals surface area contributed by atoms with E-state index < -0.39 is 0 Å². The maximum absolute atomic E-state index is 6.01. The van der Waals surface area contributed by atoms with Crippen molar-refractivity contribution in [1.29, 1.82) is 0 Å². The second-order valence-electron chi connectivity index (χ2n) is 3.50. The molecule has 0 heterocycles. The van der Waals surface area contributed by atoms with Gasteiger partial charge in [-0.05, 0) is 31.6 Å². The zero-order valence-electron chi connectivity index (χ0n) is 7.42. The molecule has 0 fully saturated rings. The Bertz CT molecular complexity index is 129. The fourth-order valence-electron chi connectivity index (χ4n) is 1.82. The van der Waals surface area contributed by atoms with Crippen molar-refractivity contribution in [2.24, 2.45) is 11.7 Å². The minimum Gasteiger partial charge on any atom is -0.327 e. The Morgan fingerprint density at radius 2 is 2.27 bits per heavy atom. The molecule has 0 spiro atoms. The molecule has 11 heavy (non-hydrogen) atoms. The van der Waals surface area contributed by atoms with Crippen molar-refractivity contribution >= 4 is 0 Å². The number of allylic oxidation sites excluding steroid dienone is 1. The van der Waals surface area contributed by atoms with Crippen LogP contribution in [0.1, 0.15) is 39.0 Å². The van der Waals surface area contributed by atoms with Crippen LogP contribution in [0.3, 0.4) is 0 Å². The summed E-state index contributed by atoms with van der Waals surface area (Å²) in [5.74, 6) is 0.773. The highest BCUT2D eigenvalue weighted by Gasteiger charge is 2.16. The van der Waals surface area contributed by atoms with Crippen LogP contribution in [0.25, 0.3) is 0 Å². The largest absolute Gasteiger partial charge is 0.327 e. The Morgan fingerprint density at radius 1 is 1.45 bits per heavy atom. The molecule has 1 heteroatoms. The first-order chi connectivity index (χ1) is 5.34. The summed E-state index contributed by atoms with van der Waals surface area (Å²) >= 11 is 0. The van der Waals surface area contributed by atoms with Gasteiger partial charge in [0.05, 0.1) is 0 Å². The van der Waals surface area contributed by atoms with E-state index in [1.807, 2.05) is 0 Å². The first-order valence-electron chi connectivity index (χ1n) is 4.75. The zero-order chi connectivity index (χ0) is 8.10. The third-order valence-corrected chi connectivity index (χ3v) is 2.54. The van der Waals surface area contributed by atoms with Crippen LogP contribution in [-0.4, -0.2) is 6.04 Å². The molecule has 0 bridgehead atoms. The summed E-state index contributed by atoms with van der Waals surface area (Å²) in [5, 5.41) is 0. The molecule has 0 aromatic carbocycles. The van der Waals surface area contributed by atoms with Crippen LogP contribution in [0.2, 0.25) is 0 Å². The molecule has 1 aliphatic carbocycles. The van der Waals surface area contributed by atoms with Crippen LogP contribution in [0.5, 0.6) is 0 Å². The molecule has 1 unspecified atom stereocenters. The van der Waals surface area contributed by atoms with Crippen molar-refractivity contribution < 1.29 is 0 Å². The maximum Gasteiger partial charge on any atom is 0.0102 e. The van der Waals surface area contributed by atoms with Crippen LogP contribution in [-0.2, 0) is 0 Å². The highest BCUT2D eigenvalue weighted by molar-refractivity contribution is 4.92. The van der Waals surface area contributed by atoms with Gasteiger partial charge in [0.25, 0.3) is 0 Å². The van der Waals surface area contributed by atoms with E-state index in [0.29, 0.717) is 6.04 Å². The lowest BCUT2D eigenvalue weighted by molar-refractivity contribution is 0.376. The van der Waals surface area contributed by atoms with Gasteiger partial charge in [-0.1, -0.05) is 25.5 Å². The number of rotatable bonds is 2. The number of hydrogen-bond acceptors (Lipinski definition) is 1. The molecule has 0 saturated carbocycles. The fraction of sp³-hybridized carbons (Fsp3) is 0.800. The van der Waals surface area contributed by atoms with Gasteiger partial charge < -0.3 is 5.73 Å². The molecule has 0 radical (unpaired) electrons. The number of hydrogen-bond donors (Lipinski definition) is 1. The van der Waals surface area contributed by atoms with Crippen LogP contribution in [0.4, 0.5) is 0 Å². The van der Waals surface area contributed by atoms with Crippen LogP contribution in [0.15, 0.2) is 12.2 Å². The Hall–Kier alpha value is -0.300. The van der Waals surface area contributed by atoms with Gasteiger partial charge in [-0.3, -0.25) is 0 Å². The summed E-state index contributed by atoms with van der Waals surface area (Å²) in [4.78, 5) is 0. The highest BCUT2D eigenvalue weighted by Crippen LogP contribution is 2.21. The minimum absolute atomic E-state index is 0.425. The molecule has 0 aromatic heterocycles. The lowest BCUT2D eigenvalue weighted by Crippen LogP contribution is -2.28. The van der Waals surface area contributed by atoms with E-state index >= 15 is 0 Å². The third kappa shape index (κ3) is 2.66. The Balaban J connectivity index is 2.38. The maximum atomic E-state index is 6.01. The molecule has 1 rings (SSSR count). The van der Waals surface area contributed by atoms with Gasteiger partial charge in [0, 0.05) is 6.04 Å².